The van der Waals surface area contributed by atoms with Crippen molar-refractivity contribution < 1.29 is 14.3 Å². The number of thiazole rings is 1. The van der Waals surface area contributed by atoms with Crippen molar-refractivity contribution in [1.82, 2.24) is 9.38 Å². The number of esters is 1. The molecule has 2 aromatic heterocycles. The minimum absolute atomic E-state index is 0.119. The van der Waals surface area contributed by atoms with E-state index in [4.69, 9.17) is 9.47 Å². The van der Waals surface area contributed by atoms with E-state index in [1.807, 2.05) is 31.2 Å². The fourth-order valence-electron chi connectivity index (χ4n) is 2.94. The summed E-state index contributed by atoms with van der Waals surface area (Å²) in [6.45, 7) is 3.59. The van der Waals surface area contributed by atoms with Crippen LogP contribution in [-0.2, 0) is 4.79 Å². The van der Waals surface area contributed by atoms with Gasteiger partial charge in [0.15, 0.2) is 16.5 Å². The van der Waals surface area contributed by atoms with Gasteiger partial charge in [0.05, 0.1) is 26.6 Å². The van der Waals surface area contributed by atoms with E-state index in [0.717, 1.165) is 16.6 Å². The van der Waals surface area contributed by atoms with Gasteiger partial charge in [0, 0.05) is 6.92 Å². The van der Waals surface area contributed by atoms with Crippen molar-refractivity contribution in [2.45, 2.75) is 13.8 Å². The van der Waals surface area contributed by atoms with Crippen LogP contribution in [-0.4, -0.2) is 22.0 Å². The number of carbonyl (C=O) groups excluding carboxylic acids is 1. The van der Waals surface area contributed by atoms with E-state index in [2.05, 4.69) is 20.9 Å². The van der Waals surface area contributed by atoms with E-state index in [9.17, 15) is 9.59 Å². The highest BCUT2D eigenvalue weighted by Crippen LogP contribution is 2.37. The molecule has 0 unspecified atom stereocenters. The van der Waals surface area contributed by atoms with Gasteiger partial charge in [0.1, 0.15) is 0 Å². The smallest absolute Gasteiger partial charge is 0.308 e. The average Bonchev–Trinajstić information content (AvgIpc) is 3.15. The lowest BCUT2D eigenvalue weighted by Gasteiger charge is -2.12. The molecule has 28 heavy (non-hydrogen) atoms. The number of carbonyl (C=O) groups is 1. The predicted molar refractivity (Wildman–Crippen MR) is 112 cm³/mol. The van der Waals surface area contributed by atoms with Crippen LogP contribution >= 0.6 is 27.3 Å². The molecule has 0 N–H and O–H groups in total. The molecule has 0 radical (unpaired) electrons. The van der Waals surface area contributed by atoms with Crippen LogP contribution in [0.25, 0.3) is 22.1 Å². The summed E-state index contributed by atoms with van der Waals surface area (Å²) in [6.07, 6.45) is 1.78. The van der Waals surface area contributed by atoms with Gasteiger partial charge in [-0.25, -0.2) is 9.38 Å². The Hall–Kier alpha value is -2.71. The minimum atomic E-state index is -0.438. The van der Waals surface area contributed by atoms with Crippen molar-refractivity contribution >= 4 is 55.3 Å². The molecule has 142 valence electrons. The van der Waals surface area contributed by atoms with E-state index in [0.29, 0.717) is 32.1 Å². The van der Waals surface area contributed by atoms with E-state index >= 15 is 0 Å². The first-order valence-corrected chi connectivity index (χ1v) is 10.2. The van der Waals surface area contributed by atoms with E-state index in [1.165, 1.54) is 18.3 Å². The molecule has 4 rings (SSSR count). The Morgan fingerprint density at radius 1 is 1.32 bits per heavy atom. The summed E-state index contributed by atoms with van der Waals surface area (Å²) in [5.41, 5.74) is 2.22. The van der Waals surface area contributed by atoms with Gasteiger partial charge in [-0.3, -0.25) is 9.59 Å². The zero-order valence-corrected chi connectivity index (χ0v) is 17.5. The first-order chi connectivity index (χ1) is 13.5. The predicted octanol–water partition coefficient (Wildman–Crippen LogP) is 3.54. The summed E-state index contributed by atoms with van der Waals surface area (Å²) < 4.78 is 13.6. The number of hydrogen-bond donors (Lipinski definition) is 0. The zero-order chi connectivity index (χ0) is 19.8. The maximum Gasteiger partial charge on any atom is 0.308 e. The number of fused-ring (bicyclic) bond motifs is 3. The molecule has 0 amide bonds. The van der Waals surface area contributed by atoms with E-state index in [-0.39, 0.29) is 5.56 Å². The van der Waals surface area contributed by atoms with Crippen molar-refractivity contribution in [1.29, 1.82) is 0 Å². The molecular weight excluding hydrogens is 444 g/mol. The number of ether oxygens (including phenoxy) is 2. The number of imidazole rings is 1. The Balaban J connectivity index is 1.88. The fraction of sp³-hybridized carbons (Fsp3) is 0.150. The molecule has 6 nitrogen and oxygen atoms in total. The lowest BCUT2D eigenvalue weighted by atomic mass is 10.2. The lowest BCUT2D eigenvalue weighted by molar-refractivity contribution is -0.132. The van der Waals surface area contributed by atoms with Gasteiger partial charge in [-0.15, -0.1) is 0 Å². The highest BCUT2D eigenvalue weighted by Gasteiger charge is 2.15. The lowest BCUT2D eigenvalue weighted by Crippen LogP contribution is -2.22. The molecule has 0 atom stereocenters. The van der Waals surface area contributed by atoms with Crippen LogP contribution in [0.5, 0.6) is 11.5 Å². The van der Waals surface area contributed by atoms with Crippen LogP contribution in [0.1, 0.15) is 19.4 Å². The summed E-state index contributed by atoms with van der Waals surface area (Å²) in [6, 6.07) is 11.1. The Kier molecular flexibility index (Phi) is 4.91. The molecule has 2 heterocycles. The number of benzene rings is 2. The topological polar surface area (TPSA) is 69.9 Å². The highest BCUT2D eigenvalue weighted by atomic mass is 79.9. The molecule has 0 spiro atoms. The molecule has 0 aliphatic carbocycles. The van der Waals surface area contributed by atoms with Crippen LogP contribution in [0.15, 0.2) is 45.7 Å². The third-order valence-corrected chi connectivity index (χ3v) is 5.58. The summed E-state index contributed by atoms with van der Waals surface area (Å²) in [5, 5.41) is 0. The SMILES string of the molecule is CCOc1cc(/C=c2\sc3nc4ccccc4n3c2=O)cc(Br)c1OC(C)=O. The molecule has 4 aromatic rings. The van der Waals surface area contributed by atoms with E-state index in [1.54, 1.807) is 22.6 Å². The van der Waals surface area contributed by atoms with Crippen molar-refractivity contribution in [2.75, 3.05) is 6.61 Å². The largest absolute Gasteiger partial charge is 0.490 e. The van der Waals surface area contributed by atoms with Crippen LogP contribution < -0.4 is 19.6 Å². The van der Waals surface area contributed by atoms with Crippen molar-refractivity contribution in [3.8, 4) is 11.5 Å². The maximum absolute atomic E-state index is 12.9. The second kappa shape index (κ2) is 7.37. The average molecular weight is 459 g/mol. The molecule has 0 aliphatic rings. The molecule has 0 saturated carbocycles. The molecule has 0 saturated heterocycles. The third-order valence-electron chi connectivity index (χ3n) is 4.02. The van der Waals surface area contributed by atoms with Crippen LogP contribution in [0.2, 0.25) is 0 Å². The summed E-state index contributed by atoms with van der Waals surface area (Å²) in [5.74, 6) is 0.310. The first-order valence-electron chi connectivity index (χ1n) is 8.54. The van der Waals surface area contributed by atoms with Gasteiger partial charge in [-0.2, -0.15) is 0 Å². The number of hydrogen-bond acceptors (Lipinski definition) is 6. The normalized spacial score (nSPS) is 12.0. The van der Waals surface area contributed by atoms with Crippen LogP contribution in [0.3, 0.4) is 0 Å². The first kappa shape index (κ1) is 18.6. The molecule has 8 heteroatoms. The number of nitrogens with zero attached hydrogens (tertiary/aromatic N) is 2. The van der Waals surface area contributed by atoms with Gasteiger partial charge >= 0.3 is 5.97 Å². The Bertz CT molecular complexity index is 1330. The Morgan fingerprint density at radius 2 is 2.11 bits per heavy atom. The summed E-state index contributed by atoms with van der Waals surface area (Å²) in [7, 11) is 0. The standard InChI is InChI=1S/C20H15BrN2O4S/c1-3-26-16-9-12(8-13(21)18(16)27-11(2)24)10-17-19(25)23-15-7-5-4-6-14(15)22-20(23)28-17/h4-10H,3H2,1-2H3/b17-10-. The number of aromatic nitrogens is 2. The molecular formula is C20H15BrN2O4S. The Labute approximate surface area is 172 Å². The monoisotopic (exact) mass is 458 g/mol. The second-order valence-electron chi connectivity index (χ2n) is 5.99. The maximum atomic E-state index is 12.9. The second-order valence-corrected chi connectivity index (χ2v) is 7.85. The number of rotatable bonds is 4. The van der Waals surface area contributed by atoms with Gasteiger partial charge in [0.25, 0.3) is 5.56 Å². The van der Waals surface area contributed by atoms with E-state index < -0.39 is 5.97 Å². The fourth-order valence-corrected chi connectivity index (χ4v) is 4.47. The van der Waals surface area contributed by atoms with Gasteiger partial charge in [-0.1, -0.05) is 23.5 Å². The molecule has 0 aliphatic heterocycles. The molecule has 2 aromatic carbocycles. The highest BCUT2D eigenvalue weighted by molar-refractivity contribution is 9.10. The van der Waals surface area contributed by atoms with Crippen LogP contribution in [0.4, 0.5) is 0 Å². The number of para-hydroxylation sites is 2. The van der Waals surface area contributed by atoms with Gasteiger partial charge < -0.3 is 9.47 Å². The number of halogens is 1. The van der Waals surface area contributed by atoms with Gasteiger partial charge in [-0.05, 0) is 58.8 Å². The summed E-state index contributed by atoms with van der Waals surface area (Å²) >= 11 is 4.75. The molecule has 0 bridgehead atoms. The third kappa shape index (κ3) is 3.29. The van der Waals surface area contributed by atoms with Crippen molar-refractivity contribution in [3.63, 3.8) is 0 Å². The van der Waals surface area contributed by atoms with Crippen molar-refractivity contribution in [3.05, 3.63) is 61.3 Å². The summed E-state index contributed by atoms with van der Waals surface area (Å²) in [4.78, 5) is 29.4. The van der Waals surface area contributed by atoms with Crippen LogP contribution in [0, 0.1) is 0 Å². The zero-order valence-electron chi connectivity index (χ0n) is 15.1. The quantitative estimate of drug-likeness (QED) is 0.345. The minimum Gasteiger partial charge on any atom is -0.490 e. The van der Waals surface area contributed by atoms with Gasteiger partial charge in [0.2, 0.25) is 0 Å². The Morgan fingerprint density at radius 3 is 2.86 bits per heavy atom. The van der Waals surface area contributed by atoms with Crippen molar-refractivity contribution in [2.24, 2.45) is 0 Å². The molecule has 0 fully saturated rings.